The lowest BCUT2D eigenvalue weighted by Crippen LogP contribution is -2.16. The van der Waals surface area contributed by atoms with Gasteiger partial charge in [-0.15, -0.1) is 0 Å². The van der Waals surface area contributed by atoms with Crippen LogP contribution >= 0.6 is 0 Å². The highest BCUT2D eigenvalue weighted by Crippen LogP contribution is 2.27. The van der Waals surface area contributed by atoms with Gasteiger partial charge in [-0.3, -0.25) is 0 Å². The van der Waals surface area contributed by atoms with Gasteiger partial charge in [0, 0.05) is 19.1 Å². The van der Waals surface area contributed by atoms with E-state index in [-0.39, 0.29) is 6.04 Å². The topological polar surface area (TPSA) is 60.2 Å². The first-order valence-electron chi connectivity index (χ1n) is 6.08. The van der Waals surface area contributed by atoms with Crippen molar-refractivity contribution < 1.29 is 9.26 Å². The summed E-state index contributed by atoms with van der Waals surface area (Å²) in [7, 11) is 0. The highest BCUT2D eigenvalue weighted by Gasteiger charge is 2.26. The Labute approximate surface area is 94.6 Å². The first kappa shape index (κ1) is 10.2. The molecule has 0 amide bonds. The van der Waals surface area contributed by atoms with Crippen LogP contribution in [-0.2, 0) is 4.74 Å². The van der Waals surface area contributed by atoms with Crippen molar-refractivity contribution in [2.24, 2.45) is 0 Å². The Kier molecular flexibility index (Phi) is 2.88. The standard InChI is InChI=1S/C11H17N3O2/c1-2-9(12-5-1)11-13-10(14-16-11)8-3-6-15-7-4-8/h8-9,12H,1-7H2/t9-/m0/s1. The summed E-state index contributed by atoms with van der Waals surface area (Å²) >= 11 is 0. The van der Waals surface area contributed by atoms with Crippen molar-refractivity contribution in [1.82, 2.24) is 15.5 Å². The van der Waals surface area contributed by atoms with Gasteiger partial charge in [0.2, 0.25) is 5.89 Å². The van der Waals surface area contributed by atoms with E-state index in [0.29, 0.717) is 5.92 Å². The maximum Gasteiger partial charge on any atom is 0.243 e. The molecule has 3 rings (SSSR count). The summed E-state index contributed by atoms with van der Waals surface area (Å²) in [5, 5.41) is 7.47. The summed E-state index contributed by atoms with van der Waals surface area (Å²) in [6.45, 7) is 2.69. The second kappa shape index (κ2) is 4.51. The summed E-state index contributed by atoms with van der Waals surface area (Å²) in [4.78, 5) is 4.52. The van der Waals surface area contributed by atoms with Crippen molar-refractivity contribution in [3.8, 4) is 0 Å². The van der Waals surface area contributed by atoms with Crippen LogP contribution in [0.5, 0.6) is 0 Å². The van der Waals surface area contributed by atoms with Gasteiger partial charge < -0.3 is 14.6 Å². The Morgan fingerprint density at radius 2 is 2.06 bits per heavy atom. The summed E-state index contributed by atoms with van der Waals surface area (Å²) in [6, 6.07) is 0.279. The van der Waals surface area contributed by atoms with Crippen LogP contribution in [0.2, 0.25) is 0 Å². The normalized spacial score (nSPS) is 27.4. The molecule has 0 radical (unpaired) electrons. The van der Waals surface area contributed by atoms with E-state index >= 15 is 0 Å². The highest BCUT2D eigenvalue weighted by atomic mass is 16.5. The van der Waals surface area contributed by atoms with Crippen LogP contribution in [0.4, 0.5) is 0 Å². The SMILES string of the molecule is C1CN[C@H](c2nc(C3CCOCC3)no2)C1. The van der Waals surface area contributed by atoms with Crippen molar-refractivity contribution in [1.29, 1.82) is 0 Å². The molecule has 5 nitrogen and oxygen atoms in total. The summed E-state index contributed by atoms with van der Waals surface area (Å²) in [5.41, 5.74) is 0. The van der Waals surface area contributed by atoms with Gasteiger partial charge in [-0.25, -0.2) is 0 Å². The van der Waals surface area contributed by atoms with E-state index in [2.05, 4.69) is 15.5 Å². The Hall–Kier alpha value is -0.940. The third-order valence-electron chi connectivity index (χ3n) is 3.40. The molecule has 1 aromatic heterocycles. The van der Waals surface area contributed by atoms with Gasteiger partial charge in [-0.1, -0.05) is 5.16 Å². The molecule has 0 spiro atoms. The van der Waals surface area contributed by atoms with Crippen molar-refractivity contribution >= 4 is 0 Å². The quantitative estimate of drug-likeness (QED) is 0.821. The number of nitrogens with zero attached hydrogens (tertiary/aromatic N) is 2. The molecule has 1 aromatic rings. The fourth-order valence-electron chi connectivity index (χ4n) is 2.41. The zero-order valence-electron chi connectivity index (χ0n) is 9.32. The Balaban J connectivity index is 1.71. The predicted molar refractivity (Wildman–Crippen MR) is 57.1 cm³/mol. The summed E-state index contributed by atoms with van der Waals surface area (Å²) in [5.74, 6) is 2.05. The molecule has 2 saturated heterocycles. The van der Waals surface area contributed by atoms with E-state index in [0.717, 1.165) is 50.7 Å². The van der Waals surface area contributed by atoms with Crippen molar-refractivity contribution in [2.75, 3.05) is 19.8 Å². The minimum Gasteiger partial charge on any atom is -0.381 e. The molecule has 3 heterocycles. The van der Waals surface area contributed by atoms with Crippen LogP contribution in [0.3, 0.4) is 0 Å². The molecule has 0 bridgehead atoms. The maximum absolute atomic E-state index is 5.34. The van der Waals surface area contributed by atoms with E-state index in [1.54, 1.807) is 0 Å². The number of hydrogen-bond donors (Lipinski definition) is 1. The smallest absolute Gasteiger partial charge is 0.243 e. The second-order valence-electron chi connectivity index (χ2n) is 4.53. The van der Waals surface area contributed by atoms with Crippen LogP contribution in [0.1, 0.15) is 49.4 Å². The monoisotopic (exact) mass is 223 g/mol. The van der Waals surface area contributed by atoms with Crippen LogP contribution < -0.4 is 5.32 Å². The molecule has 2 aliphatic rings. The van der Waals surface area contributed by atoms with E-state index in [1.165, 1.54) is 6.42 Å². The number of nitrogens with one attached hydrogen (secondary N) is 1. The minimum absolute atomic E-state index is 0.279. The molecule has 0 aromatic carbocycles. The van der Waals surface area contributed by atoms with Crippen molar-refractivity contribution in [3.63, 3.8) is 0 Å². The molecule has 1 N–H and O–H groups in total. The predicted octanol–water partition coefficient (Wildman–Crippen LogP) is 1.39. The van der Waals surface area contributed by atoms with Gasteiger partial charge in [0.25, 0.3) is 0 Å². The van der Waals surface area contributed by atoms with Gasteiger partial charge in [0.05, 0.1) is 6.04 Å². The molecule has 2 aliphatic heterocycles. The molecule has 1 atom stereocenters. The molecule has 0 saturated carbocycles. The number of hydrogen-bond acceptors (Lipinski definition) is 5. The molecule has 16 heavy (non-hydrogen) atoms. The minimum atomic E-state index is 0.279. The summed E-state index contributed by atoms with van der Waals surface area (Å²) < 4.78 is 10.7. The fraction of sp³-hybridized carbons (Fsp3) is 0.818. The lowest BCUT2D eigenvalue weighted by Gasteiger charge is -2.18. The molecule has 0 unspecified atom stereocenters. The highest BCUT2D eigenvalue weighted by molar-refractivity contribution is 5.00. The third-order valence-corrected chi connectivity index (χ3v) is 3.40. The first-order valence-corrected chi connectivity index (χ1v) is 6.08. The zero-order chi connectivity index (χ0) is 10.8. The lowest BCUT2D eigenvalue weighted by atomic mass is 10.00. The van der Waals surface area contributed by atoms with Crippen LogP contribution in [0.15, 0.2) is 4.52 Å². The van der Waals surface area contributed by atoms with Crippen molar-refractivity contribution in [2.45, 2.75) is 37.6 Å². The van der Waals surface area contributed by atoms with Crippen LogP contribution in [-0.4, -0.2) is 29.9 Å². The van der Waals surface area contributed by atoms with Crippen LogP contribution in [0.25, 0.3) is 0 Å². The van der Waals surface area contributed by atoms with E-state index in [9.17, 15) is 0 Å². The Bertz CT molecular complexity index is 341. The molecule has 2 fully saturated rings. The summed E-state index contributed by atoms with van der Waals surface area (Å²) in [6.07, 6.45) is 4.32. The third kappa shape index (κ3) is 1.97. The molecular weight excluding hydrogens is 206 g/mol. The average molecular weight is 223 g/mol. The van der Waals surface area contributed by atoms with Gasteiger partial charge in [-0.05, 0) is 32.2 Å². The number of aromatic nitrogens is 2. The largest absolute Gasteiger partial charge is 0.381 e. The van der Waals surface area contributed by atoms with E-state index in [4.69, 9.17) is 9.26 Å². The zero-order valence-corrected chi connectivity index (χ0v) is 9.32. The second-order valence-corrected chi connectivity index (χ2v) is 4.53. The molecule has 0 aliphatic carbocycles. The van der Waals surface area contributed by atoms with Crippen LogP contribution in [0, 0.1) is 0 Å². The van der Waals surface area contributed by atoms with Gasteiger partial charge in [-0.2, -0.15) is 4.98 Å². The molecule has 5 heteroatoms. The van der Waals surface area contributed by atoms with Crippen molar-refractivity contribution in [3.05, 3.63) is 11.7 Å². The number of ether oxygens (including phenoxy) is 1. The van der Waals surface area contributed by atoms with Gasteiger partial charge in [0.15, 0.2) is 5.82 Å². The Morgan fingerprint density at radius 1 is 1.19 bits per heavy atom. The molecular formula is C11H17N3O2. The Morgan fingerprint density at radius 3 is 2.81 bits per heavy atom. The lowest BCUT2D eigenvalue weighted by molar-refractivity contribution is 0.0830. The van der Waals surface area contributed by atoms with E-state index in [1.807, 2.05) is 0 Å². The average Bonchev–Trinajstić information content (AvgIpc) is 3.01. The number of rotatable bonds is 2. The van der Waals surface area contributed by atoms with E-state index < -0.39 is 0 Å². The first-order chi connectivity index (χ1) is 7.93. The van der Waals surface area contributed by atoms with Gasteiger partial charge >= 0.3 is 0 Å². The molecule has 88 valence electrons. The maximum atomic E-state index is 5.34. The van der Waals surface area contributed by atoms with Gasteiger partial charge in [0.1, 0.15) is 0 Å². The fourth-order valence-corrected chi connectivity index (χ4v) is 2.41.